The standard InChI is InChI=1S/C14H25N3O4/c1-11-9-17(7-8-21-11)13(18)10-15-3-5-16(6-4-15)12(2)14(19)20/h11-12H,3-10H2,1-2H3,(H,19,20). The van der Waals surface area contributed by atoms with E-state index in [1.807, 2.05) is 16.7 Å². The number of ether oxygens (including phenoxy) is 1. The van der Waals surface area contributed by atoms with Crippen LogP contribution in [-0.2, 0) is 14.3 Å². The van der Waals surface area contributed by atoms with Gasteiger partial charge in [0.1, 0.15) is 6.04 Å². The van der Waals surface area contributed by atoms with E-state index in [2.05, 4.69) is 4.90 Å². The van der Waals surface area contributed by atoms with Gasteiger partial charge in [0, 0.05) is 39.3 Å². The molecule has 21 heavy (non-hydrogen) atoms. The fourth-order valence-electron chi connectivity index (χ4n) is 2.80. The number of morpholine rings is 1. The first-order chi connectivity index (χ1) is 9.97. The molecule has 2 fully saturated rings. The third-order valence-electron chi connectivity index (χ3n) is 4.26. The molecule has 0 radical (unpaired) electrons. The number of hydrogen-bond acceptors (Lipinski definition) is 5. The van der Waals surface area contributed by atoms with Gasteiger partial charge in [-0.05, 0) is 13.8 Å². The number of carboxylic acids is 1. The molecule has 2 aliphatic heterocycles. The molecular formula is C14H25N3O4. The van der Waals surface area contributed by atoms with Crippen LogP contribution in [0.2, 0.25) is 0 Å². The molecule has 2 aliphatic rings. The molecule has 0 bridgehead atoms. The molecule has 2 saturated heterocycles. The van der Waals surface area contributed by atoms with Crippen LogP contribution < -0.4 is 0 Å². The fourth-order valence-corrected chi connectivity index (χ4v) is 2.80. The van der Waals surface area contributed by atoms with E-state index in [9.17, 15) is 9.59 Å². The number of nitrogens with zero attached hydrogens (tertiary/aromatic N) is 3. The van der Waals surface area contributed by atoms with Crippen LogP contribution in [0.25, 0.3) is 0 Å². The van der Waals surface area contributed by atoms with E-state index in [-0.39, 0.29) is 12.0 Å². The lowest BCUT2D eigenvalue weighted by atomic mass is 10.2. The van der Waals surface area contributed by atoms with Gasteiger partial charge in [-0.3, -0.25) is 19.4 Å². The second-order valence-corrected chi connectivity index (χ2v) is 5.85. The summed E-state index contributed by atoms with van der Waals surface area (Å²) in [4.78, 5) is 29.1. The van der Waals surface area contributed by atoms with Gasteiger partial charge < -0.3 is 14.7 Å². The Morgan fingerprint density at radius 1 is 1.24 bits per heavy atom. The molecule has 0 aromatic rings. The summed E-state index contributed by atoms with van der Waals surface area (Å²) in [6, 6.07) is -0.456. The number of amides is 1. The zero-order chi connectivity index (χ0) is 15.4. The number of carbonyl (C=O) groups is 2. The summed E-state index contributed by atoms with van der Waals surface area (Å²) in [6.45, 7) is 8.91. The molecule has 7 heteroatoms. The average molecular weight is 299 g/mol. The average Bonchev–Trinajstić information content (AvgIpc) is 2.47. The largest absolute Gasteiger partial charge is 0.480 e. The van der Waals surface area contributed by atoms with E-state index in [0.29, 0.717) is 39.3 Å². The molecule has 7 nitrogen and oxygen atoms in total. The van der Waals surface area contributed by atoms with Gasteiger partial charge in [0.05, 0.1) is 19.3 Å². The van der Waals surface area contributed by atoms with Crippen molar-refractivity contribution in [3.8, 4) is 0 Å². The summed E-state index contributed by atoms with van der Waals surface area (Å²) in [5.74, 6) is -0.647. The SMILES string of the molecule is CC1CN(C(=O)CN2CCN(C(C)C(=O)O)CC2)CCO1. The Bertz CT molecular complexity index is 382. The molecule has 1 amide bonds. The van der Waals surface area contributed by atoms with E-state index in [1.54, 1.807) is 6.92 Å². The maximum atomic E-state index is 12.3. The molecule has 0 aliphatic carbocycles. The monoisotopic (exact) mass is 299 g/mol. The van der Waals surface area contributed by atoms with Gasteiger partial charge >= 0.3 is 5.97 Å². The Morgan fingerprint density at radius 3 is 2.48 bits per heavy atom. The maximum absolute atomic E-state index is 12.3. The lowest BCUT2D eigenvalue weighted by Gasteiger charge is -2.38. The molecule has 2 unspecified atom stereocenters. The molecule has 1 N–H and O–H groups in total. The highest BCUT2D eigenvalue weighted by molar-refractivity contribution is 5.78. The van der Waals surface area contributed by atoms with Crippen LogP contribution in [0.1, 0.15) is 13.8 Å². The van der Waals surface area contributed by atoms with Crippen molar-refractivity contribution in [3.63, 3.8) is 0 Å². The summed E-state index contributed by atoms with van der Waals surface area (Å²) >= 11 is 0. The Labute approximate surface area is 125 Å². The number of carbonyl (C=O) groups excluding carboxylic acids is 1. The Balaban J connectivity index is 1.75. The van der Waals surface area contributed by atoms with Gasteiger partial charge in [-0.15, -0.1) is 0 Å². The van der Waals surface area contributed by atoms with E-state index in [1.165, 1.54) is 0 Å². The topological polar surface area (TPSA) is 73.3 Å². The maximum Gasteiger partial charge on any atom is 0.320 e. The number of hydrogen-bond donors (Lipinski definition) is 1. The first-order valence-electron chi connectivity index (χ1n) is 7.56. The van der Waals surface area contributed by atoms with Crippen molar-refractivity contribution in [1.29, 1.82) is 0 Å². The Morgan fingerprint density at radius 2 is 1.90 bits per heavy atom. The van der Waals surface area contributed by atoms with Crippen molar-refractivity contribution >= 4 is 11.9 Å². The highest BCUT2D eigenvalue weighted by Gasteiger charge is 2.28. The normalized spacial score (nSPS) is 26.6. The zero-order valence-corrected chi connectivity index (χ0v) is 12.8. The molecule has 120 valence electrons. The van der Waals surface area contributed by atoms with E-state index in [4.69, 9.17) is 9.84 Å². The summed E-state index contributed by atoms with van der Waals surface area (Å²) in [7, 11) is 0. The predicted octanol–water partition coefficient (Wildman–Crippen LogP) is -0.676. The van der Waals surface area contributed by atoms with Crippen molar-refractivity contribution < 1.29 is 19.4 Å². The van der Waals surface area contributed by atoms with Crippen LogP contribution >= 0.6 is 0 Å². The van der Waals surface area contributed by atoms with Crippen molar-refractivity contribution in [2.24, 2.45) is 0 Å². The Kier molecular flexibility index (Phi) is 5.55. The van der Waals surface area contributed by atoms with Crippen LogP contribution in [0, 0.1) is 0 Å². The lowest BCUT2D eigenvalue weighted by molar-refractivity contribution is -0.144. The van der Waals surface area contributed by atoms with Crippen LogP contribution in [-0.4, -0.2) is 96.2 Å². The molecule has 2 rings (SSSR count). The van der Waals surface area contributed by atoms with Crippen molar-refractivity contribution in [2.45, 2.75) is 26.0 Å². The minimum Gasteiger partial charge on any atom is -0.480 e. The van der Waals surface area contributed by atoms with Gasteiger partial charge in [0.15, 0.2) is 0 Å². The number of rotatable bonds is 4. The summed E-state index contributed by atoms with van der Waals surface area (Å²) in [5, 5.41) is 9.01. The van der Waals surface area contributed by atoms with Crippen LogP contribution in [0.3, 0.4) is 0 Å². The highest BCUT2D eigenvalue weighted by Crippen LogP contribution is 2.09. The van der Waals surface area contributed by atoms with Gasteiger partial charge in [-0.25, -0.2) is 0 Å². The zero-order valence-electron chi connectivity index (χ0n) is 12.8. The van der Waals surface area contributed by atoms with Gasteiger partial charge in [0.2, 0.25) is 5.91 Å². The molecule has 2 atom stereocenters. The summed E-state index contributed by atoms with van der Waals surface area (Å²) < 4.78 is 5.44. The van der Waals surface area contributed by atoms with Crippen molar-refractivity contribution in [3.05, 3.63) is 0 Å². The number of piperazine rings is 1. The third kappa shape index (κ3) is 4.39. The summed E-state index contributed by atoms with van der Waals surface area (Å²) in [6.07, 6.45) is 0.107. The van der Waals surface area contributed by atoms with Gasteiger partial charge in [0.25, 0.3) is 0 Å². The van der Waals surface area contributed by atoms with Gasteiger partial charge in [-0.1, -0.05) is 0 Å². The molecule has 0 spiro atoms. The van der Waals surface area contributed by atoms with Crippen LogP contribution in [0.4, 0.5) is 0 Å². The van der Waals surface area contributed by atoms with Crippen LogP contribution in [0.5, 0.6) is 0 Å². The predicted molar refractivity (Wildman–Crippen MR) is 77.1 cm³/mol. The number of carboxylic acid groups (broad SMARTS) is 1. The Hall–Kier alpha value is -1.18. The fraction of sp³-hybridized carbons (Fsp3) is 0.857. The van der Waals surface area contributed by atoms with Crippen LogP contribution in [0.15, 0.2) is 0 Å². The van der Waals surface area contributed by atoms with Crippen molar-refractivity contribution in [1.82, 2.24) is 14.7 Å². The van der Waals surface area contributed by atoms with Crippen molar-refractivity contribution in [2.75, 3.05) is 52.4 Å². The lowest BCUT2D eigenvalue weighted by Crippen LogP contribution is -2.54. The van der Waals surface area contributed by atoms with E-state index < -0.39 is 12.0 Å². The smallest absolute Gasteiger partial charge is 0.320 e. The summed E-state index contributed by atoms with van der Waals surface area (Å²) in [5.41, 5.74) is 0. The number of aliphatic carboxylic acids is 1. The first kappa shape index (κ1) is 16.2. The van der Waals surface area contributed by atoms with E-state index in [0.717, 1.165) is 13.1 Å². The molecule has 0 saturated carbocycles. The first-order valence-corrected chi connectivity index (χ1v) is 7.56. The minimum atomic E-state index is -0.790. The second-order valence-electron chi connectivity index (χ2n) is 5.85. The molecule has 0 aromatic heterocycles. The molecule has 2 heterocycles. The highest BCUT2D eigenvalue weighted by atomic mass is 16.5. The van der Waals surface area contributed by atoms with Gasteiger partial charge in [-0.2, -0.15) is 0 Å². The quantitative estimate of drug-likeness (QED) is 0.742. The molecular weight excluding hydrogens is 274 g/mol. The second kappa shape index (κ2) is 7.20. The third-order valence-corrected chi connectivity index (χ3v) is 4.26. The van der Waals surface area contributed by atoms with E-state index >= 15 is 0 Å². The minimum absolute atomic E-state index is 0.107. The molecule has 0 aromatic carbocycles.